The van der Waals surface area contributed by atoms with Gasteiger partial charge >= 0.3 is 0 Å². The number of phenols is 1. The molecule has 244 valence electrons. The number of unbranched alkanes of at least 4 members (excludes halogenated alkanes) is 1. The van der Waals surface area contributed by atoms with Crippen molar-refractivity contribution >= 4 is 28.1 Å². The number of benzene rings is 2. The Kier molecular flexibility index (Phi) is 9.89. The highest BCUT2D eigenvalue weighted by molar-refractivity contribution is 7.11. The van der Waals surface area contributed by atoms with Gasteiger partial charge in [-0.1, -0.05) is 50.6 Å². The fourth-order valence-electron chi connectivity index (χ4n) is 6.74. The lowest BCUT2D eigenvalue weighted by Gasteiger charge is -2.47. The number of carbonyl (C=O) groups excluding carboxylic acids is 1. The zero-order valence-electron chi connectivity index (χ0n) is 26.7. The van der Waals surface area contributed by atoms with Gasteiger partial charge in [0.2, 0.25) is 5.56 Å². The van der Waals surface area contributed by atoms with Crippen molar-refractivity contribution in [3.63, 3.8) is 0 Å². The van der Waals surface area contributed by atoms with Crippen LogP contribution in [0.3, 0.4) is 0 Å². The molecule has 2 aliphatic rings. The Balaban J connectivity index is 0.970. The number of carbonyl (C=O) groups is 1. The van der Waals surface area contributed by atoms with E-state index in [4.69, 9.17) is 4.74 Å². The van der Waals surface area contributed by atoms with Crippen LogP contribution >= 0.6 is 11.3 Å². The summed E-state index contributed by atoms with van der Waals surface area (Å²) in [7, 11) is 0. The number of hydrogen-bond acceptors (Lipinski definition) is 8. The van der Waals surface area contributed by atoms with E-state index < -0.39 is 6.10 Å². The Morgan fingerprint density at radius 1 is 1.09 bits per heavy atom. The molecular weight excluding hydrogens is 600 g/mol. The number of pyridine rings is 1. The van der Waals surface area contributed by atoms with Crippen molar-refractivity contribution in [2.24, 2.45) is 0 Å². The summed E-state index contributed by atoms with van der Waals surface area (Å²) >= 11 is 1.44. The van der Waals surface area contributed by atoms with Gasteiger partial charge in [-0.05, 0) is 66.8 Å². The monoisotopic (exact) mass is 644 g/mol. The molecule has 1 atom stereocenters. The Bertz CT molecular complexity index is 1720. The molecule has 0 unspecified atom stereocenters. The maximum atomic E-state index is 13.2. The van der Waals surface area contributed by atoms with E-state index in [1.54, 1.807) is 12.1 Å². The molecule has 1 spiro atoms. The summed E-state index contributed by atoms with van der Waals surface area (Å²) in [4.78, 5) is 36.6. The van der Waals surface area contributed by atoms with Crippen LogP contribution in [-0.2, 0) is 17.7 Å². The van der Waals surface area contributed by atoms with Crippen LogP contribution in [-0.4, -0.2) is 74.3 Å². The summed E-state index contributed by atoms with van der Waals surface area (Å²) in [5, 5.41) is 24.3. The van der Waals surface area contributed by atoms with Crippen molar-refractivity contribution < 1.29 is 19.7 Å². The van der Waals surface area contributed by atoms with E-state index in [0.717, 1.165) is 57.4 Å². The molecule has 0 saturated carbocycles. The van der Waals surface area contributed by atoms with Crippen molar-refractivity contribution in [1.29, 1.82) is 0 Å². The van der Waals surface area contributed by atoms with Crippen molar-refractivity contribution in [2.75, 3.05) is 32.8 Å². The molecule has 2 aliphatic heterocycles. The number of aliphatic hydroxyl groups is 1. The van der Waals surface area contributed by atoms with Crippen LogP contribution < -0.4 is 5.56 Å². The Morgan fingerprint density at radius 3 is 2.67 bits per heavy atom. The number of phenolic OH excluding ortho intramolecular Hbond substituents is 1. The number of morpholine rings is 1. The van der Waals surface area contributed by atoms with Gasteiger partial charge in [-0.2, -0.15) is 0 Å². The predicted molar refractivity (Wildman–Crippen MR) is 180 cm³/mol. The lowest BCUT2D eigenvalue weighted by Crippen LogP contribution is -2.57. The van der Waals surface area contributed by atoms with E-state index in [9.17, 15) is 19.8 Å². The number of H-pyrrole nitrogens is 1. The fraction of sp³-hybridized carbons (Fsp3) is 0.472. The molecule has 4 aromatic rings. The van der Waals surface area contributed by atoms with Crippen LogP contribution in [0.15, 0.2) is 58.7 Å². The van der Waals surface area contributed by atoms with Crippen molar-refractivity contribution in [1.82, 2.24) is 19.8 Å². The van der Waals surface area contributed by atoms with Gasteiger partial charge < -0.3 is 24.8 Å². The second-order valence-corrected chi connectivity index (χ2v) is 14.0. The maximum Gasteiger partial charge on any atom is 0.283 e. The van der Waals surface area contributed by atoms with E-state index in [1.165, 1.54) is 34.6 Å². The van der Waals surface area contributed by atoms with Crippen molar-refractivity contribution in [3.8, 4) is 5.75 Å². The SMILES string of the molecule is CC(C)c1csc(C(=O)N2CCOC3(CCN(Cc4cccc(CCCC[C@H](O)c5ccc(O)c6[nH]c(=O)ccc56)c4)CC3)C2)n1. The van der Waals surface area contributed by atoms with Gasteiger partial charge in [0.15, 0.2) is 5.01 Å². The number of fused-ring (bicyclic) bond motifs is 1. The first-order valence-electron chi connectivity index (χ1n) is 16.4. The number of aromatic hydroxyl groups is 1. The lowest BCUT2D eigenvalue weighted by atomic mass is 9.89. The van der Waals surface area contributed by atoms with E-state index in [0.29, 0.717) is 53.5 Å². The van der Waals surface area contributed by atoms with Gasteiger partial charge in [-0.3, -0.25) is 14.5 Å². The molecule has 10 heteroatoms. The zero-order valence-corrected chi connectivity index (χ0v) is 27.5. The molecule has 2 aromatic heterocycles. The van der Waals surface area contributed by atoms with E-state index in [2.05, 4.69) is 53.0 Å². The number of aromatic amines is 1. The average Bonchev–Trinajstić information content (AvgIpc) is 3.56. The lowest BCUT2D eigenvalue weighted by molar-refractivity contribution is -0.127. The van der Waals surface area contributed by atoms with Gasteiger partial charge in [0.25, 0.3) is 5.91 Å². The van der Waals surface area contributed by atoms with E-state index in [1.807, 2.05) is 10.3 Å². The average molecular weight is 645 g/mol. The minimum Gasteiger partial charge on any atom is -0.506 e. The van der Waals surface area contributed by atoms with Crippen LogP contribution in [0.2, 0.25) is 0 Å². The van der Waals surface area contributed by atoms with Crippen LogP contribution in [0.1, 0.15) is 90.2 Å². The Morgan fingerprint density at radius 2 is 1.89 bits per heavy atom. The molecule has 2 aromatic carbocycles. The molecule has 2 saturated heterocycles. The summed E-state index contributed by atoms with van der Waals surface area (Å²) in [5.74, 6) is 0.341. The molecule has 0 radical (unpaired) electrons. The van der Waals surface area contributed by atoms with Gasteiger partial charge in [0.1, 0.15) is 5.75 Å². The molecular formula is C36H44N4O5S. The number of rotatable bonds is 10. The van der Waals surface area contributed by atoms with Crippen molar-refractivity contribution in [2.45, 2.75) is 76.5 Å². The summed E-state index contributed by atoms with van der Waals surface area (Å²) in [6.07, 6.45) is 4.47. The summed E-state index contributed by atoms with van der Waals surface area (Å²) in [6, 6.07) is 15.1. The number of amides is 1. The van der Waals surface area contributed by atoms with Gasteiger partial charge in [-0.25, -0.2) is 4.98 Å². The van der Waals surface area contributed by atoms with E-state index >= 15 is 0 Å². The zero-order chi connectivity index (χ0) is 32.3. The standard InChI is InChI=1S/C36H44N4O5S/c1-24(2)29-22-46-34(37-29)35(44)40-18-19-45-36(23-40)14-16-39(17-15-36)21-26-8-5-7-25(20-26)6-3-4-9-30(41)27-10-12-31(42)33-28(27)11-13-32(43)38-33/h5,7-8,10-13,20,22,24,30,41-42H,3-4,6,9,14-19,21,23H2,1-2H3,(H,38,43)/t30-/m0/s1. The quantitative estimate of drug-likeness (QED) is 0.188. The highest BCUT2D eigenvalue weighted by Crippen LogP contribution is 2.33. The molecule has 1 amide bonds. The number of hydrogen-bond donors (Lipinski definition) is 3. The Labute approximate surface area is 273 Å². The second kappa shape index (κ2) is 14.0. The highest BCUT2D eigenvalue weighted by atomic mass is 32.1. The molecule has 46 heavy (non-hydrogen) atoms. The van der Waals surface area contributed by atoms with Crippen LogP contribution in [0, 0.1) is 0 Å². The van der Waals surface area contributed by atoms with Gasteiger partial charge in [0.05, 0.1) is 36.1 Å². The molecule has 0 aliphatic carbocycles. The summed E-state index contributed by atoms with van der Waals surface area (Å²) in [5.41, 5.74) is 4.08. The highest BCUT2D eigenvalue weighted by Gasteiger charge is 2.41. The first-order valence-corrected chi connectivity index (χ1v) is 17.3. The van der Waals surface area contributed by atoms with Gasteiger partial charge in [0, 0.05) is 43.0 Å². The first kappa shape index (κ1) is 32.4. The van der Waals surface area contributed by atoms with Crippen LogP contribution in [0.4, 0.5) is 0 Å². The maximum absolute atomic E-state index is 13.2. The van der Waals surface area contributed by atoms with Crippen molar-refractivity contribution in [3.05, 3.63) is 91.7 Å². The van der Waals surface area contributed by atoms with E-state index in [-0.39, 0.29) is 22.8 Å². The first-order chi connectivity index (χ1) is 22.2. The third-order valence-electron chi connectivity index (χ3n) is 9.46. The largest absolute Gasteiger partial charge is 0.506 e. The topological polar surface area (TPSA) is 119 Å². The number of piperidine rings is 1. The molecule has 6 rings (SSSR count). The number of nitrogens with zero attached hydrogens (tertiary/aromatic N) is 3. The number of likely N-dealkylation sites (tertiary alicyclic amines) is 1. The molecule has 9 nitrogen and oxygen atoms in total. The molecule has 4 heterocycles. The third-order valence-corrected chi connectivity index (χ3v) is 10.3. The summed E-state index contributed by atoms with van der Waals surface area (Å²) in [6.45, 7) is 8.75. The normalized spacial score (nSPS) is 17.6. The summed E-state index contributed by atoms with van der Waals surface area (Å²) < 4.78 is 6.33. The number of aromatic nitrogens is 2. The second-order valence-electron chi connectivity index (χ2n) is 13.1. The number of aliphatic hydroxyl groups excluding tert-OH is 1. The van der Waals surface area contributed by atoms with Gasteiger partial charge in [-0.15, -0.1) is 11.3 Å². The smallest absolute Gasteiger partial charge is 0.283 e. The molecule has 3 N–H and O–H groups in total. The third kappa shape index (κ3) is 7.36. The molecule has 2 fully saturated rings. The fourth-order valence-corrected chi connectivity index (χ4v) is 7.68. The number of ether oxygens (including phenoxy) is 1. The minimum atomic E-state index is -0.675. The van der Waals surface area contributed by atoms with Crippen LogP contribution in [0.25, 0.3) is 10.9 Å². The minimum absolute atomic E-state index is 0.000740. The number of nitrogens with one attached hydrogen (secondary N) is 1. The number of aryl methyl sites for hydroxylation is 1. The number of thiazole rings is 1. The predicted octanol–water partition coefficient (Wildman–Crippen LogP) is 5.77. The Hall–Kier alpha value is -3.57. The molecule has 0 bridgehead atoms. The van der Waals surface area contributed by atoms with Crippen LogP contribution in [0.5, 0.6) is 5.75 Å².